The smallest absolute Gasteiger partial charge is 0.288 e. The summed E-state index contributed by atoms with van der Waals surface area (Å²) in [4.78, 5) is 0.395. The highest BCUT2D eigenvalue weighted by molar-refractivity contribution is 7.99. The first-order valence-electron chi connectivity index (χ1n) is 4.56. The SMILES string of the molecule is Nc1n[nH]c(=S)n1-c1ccccc1SC(F)F. The second kappa shape index (κ2) is 4.84. The molecule has 0 aliphatic carbocycles. The number of anilines is 1. The highest BCUT2D eigenvalue weighted by atomic mass is 32.2. The molecule has 2 aromatic rings. The predicted octanol–water partition coefficient (Wildman–Crippen LogP) is 2.83. The van der Waals surface area contributed by atoms with E-state index in [0.717, 1.165) is 0 Å². The quantitative estimate of drug-likeness (QED) is 0.667. The van der Waals surface area contributed by atoms with Crippen LogP contribution in [0.2, 0.25) is 0 Å². The van der Waals surface area contributed by atoms with Crippen molar-refractivity contribution in [2.24, 2.45) is 0 Å². The van der Waals surface area contributed by atoms with Crippen LogP contribution in [0.3, 0.4) is 0 Å². The summed E-state index contributed by atoms with van der Waals surface area (Å²) >= 11 is 5.44. The highest BCUT2D eigenvalue weighted by Gasteiger charge is 2.13. The number of para-hydroxylation sites is 1. The van der Waals surface area contributed by atoms with E-state index in [-0.39, 0.29) is 10.7 Å². The zero-order valence-corrected chi connectivity index (χ0v) is 10.1. The Labute approximate surface area is 105 Å². The molecule has 3 N–H and O–H groups in total. The first-order valence-corrected chi connectivity index (χ1v) is 5.85. The van der Waals surface area contributed by atoms with Crippen molar-refractivity contribution in [2.45, 2.75) is 10.7 Å². The molecule has 0 saturated carbocycles. The number of aromatic amines is 1. The van der Waals surface area contributed by atoms with Crippen LogP contribution in [0.1, 0.15) is 0 Å². The van der Waals surface area contributed by atoms with Crippen LogP contribution in [-0.4, -0.2) is 20.5 Å². The lowest BCUT2D eigenvalue weighted by Gasteiger charge is -2.09. The maximum absolute atomic E-state index is 12.4. The van der Waals surface area contributed by atoms with Gasteiger partial charge in [0.1, 0.15) is 0 Å². The van der Waals surface area contributed by atoms with Gasteiger partial charge in [-0.1, -0.05) is 23.9 Å². The van der Waals surface area contributed by atoms with Crippen LogP contribution in [-0.2, 0) is 0 Å². The number of nitrogens with zero attached hydrogens (tertiary/aromatic N) is 2. The number of hydrogen-bond acceptors (Lipinski definition) is 4. The van der Waals surface area contributed by atoms with Crippen LogP contribution in [0, 0.1) is 4.77 Å². The molecule has 8 heteroatoms. The van der Waals surface area contributed by atoms with Gasteiger partial charge in [0.25, 0.3) is 5.76 Å². The van der Waals surface area contributed by atoms with Gasteiger partial charge in [0.15, 0.2) is 0 Å². The maximum Gasteiger partial charge on any atom is 0.288 e. The van der Waals surface area contributed by atoms with E-state index in [1.165, 1.54) is 4.57 Å². The summed E-state index contributed by atoms with van der Waals surface area (Å²) in [5.74, 6) is -2.37. The minimum atomic E-state index is -2.50. The Morgan fingerprint density at radius 2 is 2.12 bits per heavy atom. The average Bonchev–Trinajstić information content (AvgIpc) is 2.59. The number of benzene rings is 1. The Kier molecular flexibility index (Phi) is 3.43. The topological polar surface area (TPSA) is 59.6 Å². The van der Waals surface area contributed by atoms with Crippen LogP contribution in [0.15, 0.2) is 29.2 Å². The van der Waals surface area contributed by atoms with E-state index in [1.54, 1.807) is 24.3 Å². The monoisotopic (exact) mass is 274 g/mol. The number of nitrogens with two attached hydrogens (primary N) is 1. The molecule has 2 rings (SSSR count). The molecule has 0 fully saturated rings. The number of rotatable bonds is 3. The third-order valence-electron chi connectivity index (χ3n) is 2.02. The van der Waals surface area contributed by atoms with Gasteiger partial charge >= 0.3 is 0 Å². The molecule has 0 atom stereocenters. The fourth-order valence-corrected chi connectivity index (χ4v) is 2.25. The van der Waals surface area contributed by atoms with Gasteiger partial charge in [-0.3, -0.25) is 4.57 Å². The van der Waals surface area contributed by atoms with E-state index in [4.69, 9.17) is 18.0 Å². The van der Waals surface area contributed by atoms with Gasteiger partial charge in [-0.05, 0) is 24.4 Å². The fourth-order valence-electron chi connectivity index (χ4n) is 1.38. The molecule has 0 saturated heterocycles. The first kappa shape index (κ1) is 12.1. The third kappa shape index (κ3) is 2.47. The lowest BCUT2D eigenvalue weighted by molar-refractivity contribution is 0.252. The summed E-state index contributed by atoms with van der Waals surface area (Å²) in [6.07, 6.45) is 0. The molecule has 4 nitrogen and oxygen atoms in total. The van der Waals surface area contributed by atoms with Crippen LogP contribution < -0.4 is 5.73 Å². The van der Waals surface area contributed by atoms with Crippen molar-refractivity contribution in [3.8, 4) is 5.69 Å². The average molecular weight is 274 g/mol. The second-order valence-corrected chi connectivity index (χ2v) is 4.49. The Hall–Kier alpha value is -1.41. The van der Waals surface area contributed by atoms with E-state index in [0.29, 0.717) is 22.3 Å². The van der Waals surface area contributed by atoms with Crippen LogP contribution in [0.5, 0.6) is 0 Å². The van der Waals surface area contributed by atoms with Gasteiger partial charge < -0.3 is 5.73 Å². The molecule has 0 radical (unpaired) electrons. The van der Waals surface area contributed by atoms with Crippen molar-refractivity contribution in [2.75, 3.05) is 5.73 Å². The second-order valence-electron chi connectivity index (χ2n) is 3.07. The molecule has 0 amide bonds. The summed E-state index contributed by atoms with van der Waals surface area (Å²) in [5, 5.41) is 6.25. The van der Waals surface area contributed by atoms with Gasteiger partial charge in [-0.25, -0.2) is 5.10 Å². The number of aromatic nitrogens is 3. The number of thioether (sulfide) groups is 1. The van der Waals surface area contributed by atoms with Crippen molar-refractivity contribution in [1.82, 2.24) is 14.8 Å². The number of nitrogen functional groups attached to an aromatic ring is 1. The number of halogens is 2. The molecular weight excluding hydrogens is 266 g/mol. The molecule has 0 aliphatic heterocycles. The molecule has 1 aromatic heterocycles. The maximum atomic E-state index is 12.4. The highest BCUT2D eigenvalue weighted by Crippen LogP contribution is 2.31. The number of H-pyrrole nitrogens is 1. The lowest BCUT2D eigenvalue weighted by atomic mass is 10.3. The molecule has 0 spiro atoms. The van der Waals surface area contributed by atoms with Crippen molar-refractivity contribution < 1.29 is 8.78 Å². The minimum absolute atomic E-state index is 0.136. The summed E-state index contributed by atoms with van der Waals surface area (Å²) < 4.78 is 26.5. The molecule has 1 aromatic carbocycles. The standard InChI is InChI=1S/C9H8F2N4S2/c10-7(11)17-6-4-2-1-3-5(6)15-8(12)13-14-9(15)16/h1-4,7H,(H2,12,13)(H,14,16). The van der Waals surface area contributed by atoms with Gasteiger partial charge in [0.2, 0.25) is 10.7 Å². The molecule has 90 valence electrons. The minimum Gasteiger partial charge on any atom is -0.368 e. The molecule has 1 heterocycles. The van der Waals surface area contributed by atoms with E-state index in [9.17, 15) is 8.78 Å². The third-order valence-corrected chi connectivity index (χ3v) is 3.07. The van der Waals surface area contributed by atoms with E-state index in [2.05, 4.69) is 10.2 Å². The summed E-state index contributed by atoms with van der Waals surface area (Å²) in [5.41, 5.74) is 6.12. The number of alkyl halides is 2. The summed E-state index contributed by atoms with van der Waals surface area (Å²) in [6.45, 7) is 0. The predicted molar refractivity (Wildman–Crippen MR) is 65.0 cm³/mol. The van der Waals surface area contributed by atoms with Crippen LogP contribution >= 0.6 is 24.0 Å². The van der Waals surface area contributed by atoms with Crippen LogP contribution in [0.25, 0.3) is 5.69 Å². The molecule has 0 unspecified atom stereocenters. The lowest BCUT2D eigenvalue weighted by Crippen LogP contribution is -2.02. The van der Waals surface area contributed by atoms with E-state index in [1.807, 2.05) is 0 Å². The number of hydrogen-bond donors (Lipinski definition) is 2. The Balaban J connectivity index is 2.56. The fraction of sp³-hybridized carbons (Fsp3) is 0.111. The van der Waals surface area contributed by atoms with Crippen molar-refractivity contribution in [1.29, 1.82) is 0 Å². The largest absolute Gasteiger partial charge is 0.368 e. The van der Waals surface area contributed by atoms with E-state index < -0.39 is 5.76 Å². The Bertz CT molecular complexity index is 578. The zero-order valence-electron chi connectivity index (χ0n) is 8.43. The van der Waals surface area contributed by atoms with Gasteiger partial charge in [0.05, 0.1) is 5.69 Å². The number of nitrogens with one attached hydrogen (secondary N) is 1. The summed E-state index contributed by atoms with van der Waals surface area (Å²) in [6, 6.07) is 6.64. The summed E-state index contributed by atoms with van der Waals surface area (Å²) in [7, 11) is 0. The zero-order chi connectivity index (χ0) is 12.4. The van der Waals surface area contributed by atoms with Gasteiger partial charge in [-0.2, -0.15) is 8.78 Å². The Morgan fingerprint density at radius 3 is 2.71 bits per heavy atom. The molecular formula is C9H8F2N4S2. The van der Waals surface area contributed by atoms with E-state index >= 15 is 0 Å². The molecule has 0 bridgehead atoms. The Morgan fingerprint density at radius 1 is 1.41 bits per heavy atom. The van der Waals surface area contributed by atoms with Gasteiger partial charge in [0, 0.05) is 4.90 Å². The molecule has 17 heavy (non-hydrogen) atoms. The van der Waals surface area contributed by atoms with Crippen molar-refractivity contribution in [3.63, 3.8) is 0 Å². The first-order chi connectivity index (χ1) is 8.09. The molecule has 0 aliphatic rings. The van der Waals surface area contributed by atoms with Crippen LogP contribution in [0.4, 0.5) is 14.7 Å². The van der Waals surface area contributed by atoms with Gasteiger partial charge in [-0.15, -0.1) is 5.10 Å². The normalized spacial score (nSPS) is 11.0. The van der Waals surface area contributed by atoms with Crippen molar-refractivity contribution in [3.05, 3.63) is 29.0 Å². The van der Waals surface area contributed by atoms with Crippen molar-refractivity contribution >= 4 is 29.9 Å².